The Morgan fingerprint density at radius 1 is 0.431 bits per heavy atom. The van der Waals surface area contributed by atoms with Crippen molar-refractivity contribution in [2.24, 2.45) is 22.7 Å². The predicted octanol–water partition coefficient (Wildman–Crippen LogP) is 15.6. The van der Waals surface area contributed by atoms with Crippen LogP contribution in [0, 0.1) is 22.7 Å². The standard InChI is InChI=1S/C45H52N8O7S.C43H49N7O5S.C7H13NO5/c1-26(2)37(51-44(57)60-5)41(55)53-25-45(15-16-45)22-36(53)38-46-24-35(48-38)32-13-12-30-20-29(10-11-31(30)21-32)27-6-8-28(9-7-27)34-23-47-39(49-34)42-52(17-19-61-42)40(54)33(14-18-58-3)50-43(56)59-4;1-25(2)35(48-40(52)54-6)38(51)50-24-43(15-16-43)21-34(50)36-44-23-33(46-36)31-14-13-29-19-28(11-12-30(29)20-31)26-7-9-27(10-8-26)32-22-45-37(47-32)39-49(17-18-56-39)41(53)55-42(3,4)5;1-12-4-3-5(6(9)10)8-7(11)13-2/h6-13,20-21,23-24,26,33,36-37,42H,14-19,22,25H2,1-5H3,(H,46,48)(H,47,49)(H,50,56)(H,51,57);7-14,19-20,22-23,25,34-35,39H,15-18,21,24H2,1-6H3,(H,44,46)(H,45,47)(H,48,52);5H,3-4H2,1-2H3,(H,8,11)(H,9,10)/t33-,36-,37-,42-;34-,35-,39-;5-/m000/s1. The van der Waals surface area contributed by atoms with Crippen molar-refractivity contribution in [2.75, 3.05) is 93.6 Å². The Balaban J connectivity index is 0.000000185. The lowest BCUT2D eigenvalue weighted by atomic mass is 9.98. The Hall–Kier alpha value is -12.5. The number of methoxy groups -OCH3 is 6. The molecule has 2 aliphatic carbocycles. The average molecular weight is 1820 g/mol. The maximum absolute atomic E-state index is 13.9. The molecule has 16 rings (SSSR count). The third-order valence-electron chi connectivity index (χ3n) is 24.6. The first-order chi connectivity index (χ1) is 62.4. The molecule has 6 aromatic carbocycles. The molecule has 10 aromatic rings. The van der Waals surface area contributed by atoms with Gasteiger partial charge in [0, 0.05) is 89.1 Å². The summed E-state index contributed by atoms with van der Waals surface area (Å²) in [6.45, 7) is 16.4. The quantitative estimate of drug-likeness (QED) is 0.0227. The summed E-state index contributed by atoms with van der Waals surface area (Å²) in [7, 11) is 8.07. The molecule has 35 heteroatoms. The van der Waals surface area contributed by atoms with Crippen LogP contribution in [0.4, 0.5) is 24.0 Å². The van der Waals surface area contributed by atoms with Gasteiger partial charge in [0.2, 0.25) is 17.7 Å². The Bertz CT molecular complexity index is 5740. The number of fused-ring (bicyclic) bond motifs is 2. The van der Waals surface area contributed by atoms with Crippen molar-refractivity contribution in [3.8, 4) is 67.3 Å². The van der Waals surface area contributed by atoms with Crippen molar-refractivity contribution < 1.29 is 81.4 Å². The fourth-order valence-electron chi connectivity index (χ4n) is 17.0. The van der Waals surface area contributed by atoms with E-state index >= 15 is 0 Å². The number of hydrogen-bond donors (Lipinski definition) is 9. The second-order valence-electron chi connectivity index (χ2n) is 35.5. The van der Waals surface area contributed by atoms with E-state index in [1.807, 2.05) is 76.9 Å². The number of ether oxygens (including phenoxy) is 7. The molecule has 0 radical (unpaired) electrons. The second-order valence-corrected chi connectivity index (χ2v) is 37.8. The number of thioether (sulfide) groups is 2. The highest BCUT2D eigenvalue weighted by molar-refractivity contribution is 8.00. The summed E-state index contributed by atoms with van der Waals surface area (Å²) in [5, 5.41) is 22.8. The number of amides is 8. The molecule has 0 unspecified atom stereocenters. The molecule has 0 bridgehead atoms. The Morgan fingerprint density at radius 2 is 0.762 bits per heavy atom. The van der Waals surface area contributed by atoms with Crippen LogP contribution in [-0.2, 0) is 52.3 Å². The minimum absolute atomic E-state index is 0.0968. The number of carbonyl (C=O) groups excluding carboxylic acids is 8. The normalized spacial score (nSPS) is 18.5. The molecule has 130 heavy (non-hydrogen) atoms. The van der Waals surface area contributed by atoms with E-state index in [1.165, 1.54) is 35.5 Å². The predicted molar refractivity (Wildman–Crippen MR) is 493 cm³/mol. The molecular weight excluding hydrogens is 1700 g/mol. The number of carboxylic acid groups (broad SMARTS) is 1. The molecule has 688 valence electrons. The van der Waals surface area contributed by atoms with E-state index in [9.17, 15) is 43.2 Å². The van der Waals surface area contributed by atoms with Gasteiger partial charge in [-0.05, 0) is 161 Å². The van der Waals surface area contributed by atoms with E-state index in [2.05, 4.69) is 182 Å². The topological polar surface area (TPSA) is 414 Å². The SMILES string of the molecule is COC(=O)N[C@H](C(=O)N1CC2(CC2)C[C@H]1c1ncc(-c2ccc3cc(-c4ccc(-c5cnc([C@@H]6SCCN6C(=O)OC(C)(C)C)[nH]5)cc4)ccc3c2)[nH]1)C(C)C.COCC[C@H](NC(=O)OC)C(=O)N1CCS[C@H]1c1ncc(-c2ccc(-c3ccc4cc(-c5cnc([C@@H]6CC7(CC7)CN6C(=O)[C@@H](NC(=O)OC)C(C)C)[nH]5)ccc4c3)cc2)[nH]1.COCC[C@H](NC(=O)OC)C(=O)O. The van der Waals surface area contributed by atoms with Crippen LogP contribution >= 0.6 is 23.5 Å². The van der Waals surface area contributed by atoms with Crippen LogP contribution in [0.1, 0.15) is 146 Å². The lowest BCUT2D eigenvalue weighted by molar-refractivity contribution is -0.140. The number of benzene rings is 6. The number of rotatable bonds is 26. The fraction of sp³-hybridized carbons (Fsp3) is 0.442. The summed E-state index contributed by atoms with van der Waals surface area (Å²) in [4.78, 5) is 152. The monoisotopic (exact) mass is 1810 g/mol. The number of H-pyrrole nitrogens is 4. The number of aromatic amines is 4. The number of nitrogens with zero attached hydrogens (tertiary/aromatic N) is 8. The number of aromatic nitrogens is 8. The molecule has 4 aliphatic heterocycles. The average Bonchev–Trinajstić information content (AvgIpc) is 1.58. The maximum Gasteiger partial charge on any atom is 0.411 e. The van der Waals surface area contributed by atoms with Gasteiger partial charge in [0.1, 0.15) is 63.8 Å². The summed E-state index contributed by atoms with van der Waals surface area (Å²) >= 11 is 3.30. The molecule has 6 fully saturated rings. The van der Waals surface area contributed by atoms with Gasteiger partial charge in [-0.2, -0.15) is 0 Å². The lowest BCUT2D eigenvalue weighted by Gasteiger charge is -2.30. The van der Waals surface area contributed by atoms with Crippen LogP contribution < -0.4 is 21.3 Å². The van der Waals surface area contributed by atoms with Crippen LogP contribution in [0.2, 0.25) is 0 Å². The zero-order chi connectivity index (χ0) is 92.5. The number of alkyl carbamates (subject to hydrolysis) is 4. The third-order valence-corrected chi connectivity index (χ3v) is 27.0. The van der Waals surface area contributed by atoms with E-state index in [-0.39, 0.29) is 82.3 Å². The van der Waals surface area contributed by atoms with Crippen molar-refractivity contribution in [1.29, 1.82) is 0 Å². The Morgan fingerprint density at radius 3 is 1.14 bits per heavy atom. The summed E-state index contributed by atoms with van der Waals surface area (Å²) < 4.78 is 34.1. The van der Waals surface area contributed by atoms with E-state index in [4.69, 9.17) is 38.8 Å². The first kappa shape index (κ1) is 93.7. The number of nitrogens with one attached hydrogen (secondary N) is 8. The highest BCUT2D eigenvalue weighted by Crippen LogP contribution is 2.60. The minimum atomic E-state index is -1.11. The van der Waals surface area contributed by atoms with Gasteiger partial charge in [0.15, 0.2) is 0 Å². The molecule has 2 saturated carbocycles. The Kier molecular flexibility index (Phi) is 29.3. The van der Waals surface area contributed by atoms with E-state index in [0.29, 0.717) is 45.0 Å². The second kappa shape index (κ2) is 40.7. The molecule has 6 aliphatic rings. The molecule has 4 saturated heterocycles. The first-order valence-electron chi connectivity index (χ1n) is 43.6. The van der Waals surface area contributed by atoms with Crippen LogP contribution in [0.5, 0.6) is 0 Å². The highest BCUT2D eigenvalue weighted by Gasteiger charge is 2.57. The number of hydrogen-bond acceptors (Lipinski definition) is 22. The number of imidazole rings is 4. The minimum Gasteiger partial charge on any atom is -0.480 e. The largest absolute Gasteiger partial charge is 0.480 e. The van der Waals surface area contributed by atoms with Crippen molar-refractivity contribution in [3.05, 3.63) is 169 Å². The molecule has 2 spiro atoms. The van der Waals surface area contributed by atoms with Crippen molar-refractivity contribution in [2.45, 2.75) is 152 Å². The highest BCUT2D eigenvalue weighted by atomic mass is 32.2. The smallest absolute Gasteiger partial charge is 0.411 e. The summed E-state index contributed by atoms with van der Waals surface area (Å²) in [6.07, 6.45) is 10.9. The Labute approximate surface area is 762 Å². The molecule has 4 aromatic heterocycles. The molecular formula is C95H114N16O17S2. The molecule has 9 N–H and O–H groups in total. The van der Waals surface area contributed by atoms with Gasteiger partial charge in [-0.3, -0.25) is 19.3 Å². The number of carbonyl (C=O) groups is 9. The first-order valence-corrected chi connectivity index (χ1v) is 45.7. The van der Waals surface area contributed by atoms with Crippen LogP contribution in [0.15, 0.2) is 146 Å². The van der Waals surface area contributed by atoms with Gasteiger partial charge in [-0.15, -0.1) is 23.5 Å². The summed E-state index contributed by atoms with van der Waals surface area (Å²) in [5.41, 5.74) is 11.6. The van der Waals surface area contributed by atoms with Gasteiger partial charge < -0.3 is 94.2 Å². The van der Waals surface area contributed by atoms with Crippen LogP contribution in [0.3, 0.4) is 0 Å². The summed E-state index contributed by atoms with van der Waals surface area (Å²) in [5.74, 6) is 2.77. The van der Waals surface area contributed by atoms with Gasteiger partial charge in [-0.1, -0.05) is 125 Å². The van der Waals surface area contributed by atoms with Gasteiger partial charge in [0.25, 0.3) is 0 Å². The number of carboxylic acids is 1. The molecule has 8 atom stereocenters. The number of aliphatic carboxylic acids is 1. The van der Waals surface area contributed by atoms with E-state index in [1.54, 1.807) is 46.6 Å². The fourth-order valence-corrected chi connectivity index (χ4v) is 19.4. The van der Waals surface area contributed by atoms with Gasteiger partial charge >= 0.3 is 36.4 Å². The lowest BCUT2D eigenvalue weighted by Crippen LogP contribution is -2.51. The number of likely N-dealkylation sites (tertiary alicyclic amines) is 2. The van der Waals surface area contributed by atoms with Crippen molar-refractivity contribution in [3.63, 3.8) is 0 Å². The van der Waals surface area contributed by atoms with E-state index < -0.39 is 60.1 Å². The molecule has 33 nitrogen and oxygen atoms in total. The van der Waals surface area contributed by atoms with Crippen molar-refractivity contribution in [1.82, 2.24) is 80.7 Å². The zero-order valence-electron chi connectivity index (χ0n) is 75.3. The molecule has 8 heterocycles. The van der Waals surface area contributed by atoms with Gasteiger partial charge in [0.05, 0.1) is 88.1 Å². The van der Waals surface area contributed by atoms with Crippen LogP contribution in [-0.4, -0.2) is 242 Å². The van der Waals surface area contributed by atoms with Gasteiger partial charge in [-0.25, -0.2) is 48.7 Å². The zero-order valence-corrected chi connectivity index (χ0v) is 77.0. The van der Waals surface area contributed by atoms with Crippen molar-refractivity contribution >= 4 is 99.2 Å². The third kappa shape index (κ3) is 22.0. The molecule has 8 amide bonds. The van der Waals surface area contributed by atoms with E-state index in [0.717, 1.165) is 156 Å². The van der Waals surface area contributed by atoms with Crippen LogP contribution in [0.25, 0.3) is 88.8 Å². The summed E-state index contributed by atoms with van der Waals surface area (Å²) in [6, 6.07) is 38.9. The maximum atomic E-state index is 13.9.